The van der Waals surface area contributed by atoms with Crippen molar-refractivity contribution in [1.82, 2.24) is 9.55 Å². The Hall–Kier alpha value is -1.10. The predicted molar refractivity (Wildman–Crippen MR) is 80.3 cm³/mol. The van der Waals surface area contributed by atoms with Gasteiger partial charge in [0.1, 0.15) is 0 Å². The molecule has 18 heavy (non-hydrogen) atoms. The van der Waals surface area contributed by atoms with Crippen LogP contribution >= 0.6 is 35.2 Å². The van der Waals surface area contributed by atoms with Crippen LogP contribution in [0, 0.1) is 4.77 Å². The number of para-hydroxylation sites is 1. The minimum atomic E-state index is 0.178. The van der Waals surface area contributed by atoms with E-state index in [9.17, 15) is 0 Å². The highest BCUT2D eigenvalue weighted by molar-refractivity contribution is 7.71. The summed E-state index contributed by atoms with van der Waals surface area (Å²) in [7, 11) is 0. The minimum absolute atomic E-state index is 0.178. The zero-order valence-electron chi connectivity index (χ0n) is 9.68. The van der Waals surface area contributed by atoms with Crippen LogP contribution in [-0.2, 0) is 0 Å². The number of nitrogens with one attached hydrogen (secondary N) is 1. The number of rotatable bonds is 2. The third-order valence-corrected chi connectivity index (χ3v) is 4.41. The molecule has 2 nitrogen and oxygen atoms in total. The summed E-state index contributed by atoms with van der Waals surface area (Å²) in [5.74, 6) is 0. The van der Waals surface area contributed by atoms with Gasteiger partial charge in [0.2, 0.25) is 0 Å². The van der Waals surface area contributed by atoms with Crippen LogP contribution in [0.2, 0.25) is 5.02 Å². The molecule has 0 radical (unpaired) electrons. The van der Waals surface area contributed by atoms with Gasteiger partial charge in [-0.2, -0.15) is 11.3 Å². The van der Waals surface area contributed by atoms with Gasteiger partial charge in [-0.15, -0.1) is 0 Å². The number of fused-ring (bicyclic) bond motifs is 1. The molecule has 2 heterocycles. The molecule has 0 amide bonds. The Morgan fingerprint density at radius 1 is 1.39 bits per heavy atom. The lowest BCUT2D eigenvalue weighted by Gasteiger charge is -2.13. The molecule has 0 aliphatic carbocycles. The first kappa shape index (κ1) is 12.0. The molecule has 92 valence electrons. The molecule has 1 aromatic carbocycles. The molecule has 0 spiro atoms. The minimum Gasteiger partial charge on any atom is -0.331 e. The van der Waals surface area contributed by atoms with Gasteiger partial charge in [-0.3, -0.25) is 0 Å². The summed E-state index contributed by atoms with van der Waals surface area (Å²) in [6.45, 7) is 2.13. The van der Waals surface area contributed by atoms with Gasteiger partial charge in [0.15, 0.2) is 4.77 Å². The van der Waals surface area contributed by atoms with E-state index in [-0.39, 0.29) is 6.04 Å². The Bertz CT molecular complexity index is 740. The average Bonchev–Trinajstić information content (AvgIpc) is 2.95. The van der Waals surface area contributed by atoms with E-state index in [1.165, 1.54) is 5.56 Å². The van der Waals surface area contributed by atoms with E-state index in [1.807, 2.05) is 18.2 Å². The monoisotopic (exact) mass is 294 g/mol. The third-order valence-electron chi connectivity index (χ3n) is 3.10. The molecule has 0 saturated carbocycles. The number of aromatic amines is 1. The second kappa shape index (κ2) is 4.53. The number of nitrogens with zero attached hydrogens (tertiary/aromatic N) is 1. The van der Waals surface area contributed by atoms with Crippen LogP contribution < -0.4 is 0 Å². The van der Waals surface area contributed by atoms with E-state index in [0.717, 1.165) is 16.1 Å². The van der Waals surface area contributed by atoms with Crippen LogP contribution in [0.25, 0.3) is 11.0 Å². The Morgan fingerprint density at radius 3 is 2.94 bits per heavy atom. The molecule has 1 N–H and O–H groups in total. The van der Waals surface area contributed by atoms with Crippen LogP contribution in [-0.4, -0.2) is 9.55 Å². The first-order valence-electron chi connectivity index (χ1n) is 5.59. The molecule has 0 aliphatic heterocycles. The van der Waals surface area contributed by atoms with Crippen molar-refractivity contribution in [3.63, 3.8) is 0 Å². The second-order valence-electron chi connectivity index (χ2n) is 4.17. The van der Waals surface area contributed by atoms with Gasteiger partial charge in [0, 0.05) is 0 Å². The zero-order chi connectivity index (χ0) is 12.7. The molecule has 3 aromatic rings. The summed E-state index contributed by atoms with van der Waals surface area (Å²) in [6, 6.07) is 8.11. The lowest BCUT2D eigenvalue weighted by molar-refractivity contribution is 0.651. The van der Waals surface area contributed by atoms with E-state index >= 15 is 0 Å². The van der Waals surface area contributed by atoms with Crippen molar-refractivity contribution in [3.05, 3.63) is 50.4 Å². The van der Waals surface area contributed by atoms with Crippen molar-refractivity contribution < 1.29 is 0 Å². The predicted octanol–water partition coefficient (Wildman–Crippen LogP) is 5.02. The Balaban J connectivity index is 2.29. The molecule has 3 rings (SSSR count). The first-order valence-corrected chi connectivity index (χ1v) is 7.32. The fourth-order valence-corrected chi connectivity index (χ4v) is 3.54. The van der Waals surface area contributed by atoms with E-state index in [1.54, 1.807) is 11.3 Å². The number of benzene rings is 1. The zero-order valence-corrected chi connectivity index (χ0v) is 12.1. The first-order chi connectivity index (χ1) is 8.68. The van der Waals surface area contributed by atoms with Crippen molar-refractivity contribution >= 4 is 46.2 Å². The Morgan fingerprint density at radius 2 is 2.22 bits per heavy atom. The number of hydrogen-bond donors (Lipinski definition) is 1. The van der Waals surface area contributed by atoms with Crippen LogP contribution in [0.3, 0.4) is 0 Å². The fraction of sp³-hybridized carbons (Fsp3) is 0.154. The van der Waals surface area contributed by atoms with E-state index < -0.39 is 0 Å². The van der Waals surface area contributed by atoms with Gasteiger partial charge in [0.05, 0.1) is 22.1 Å². The fourth-order valence-electron chi connectivity index (χ4n) is 2.17. The molecule has 0 bridgehead atoms. The standard InChI is InChI=1S/C13H11ClN2S2/c1-8(9-5-6-18-7-9)16-12-10(14)3-2-4-11(12)15-13(16)17/h2-8H,1H3,(H,15,17). The van der Waals surface area contributed by atoms with E-state index in [2.05, 4.69) is 33.3 Å². The van der Waals surface area contributed by atoms with Crippen molar-refractivity contribution in [2.24, 2.45) is 0 Å². The number of H-pyrrole nitrogens is 1. The van der Waals surface area contributed by atoms with Crippen LogP contribution in [0.15, 0.2) is 35.0 Å². The maximum Gasteiger partial charge on any atom is 0.178 e. The lowest BCUT2D eigenvalue weighted by Crippen LogP contribution is -2.05. The molecule has 5 heteroatoms. The smallest absolute Gasteiger partial charge is 0.178 e. The highest BCUT2D eigenvalue weighted by Gasteiger charge is 2.15. The number of imidazole rings is 1. The van der Waals surface area contributed by atoms with Gasteiger partial charge < -0.3 is 9.55 Å². The molecule has 0 aliphatic rings. The number of hydrogen-bond acceptors (Lipinski definition) is 2. The summed E-state index contributed by atoms with van der Waals surface area (Å²) in [5.41, 5.74) is 3.20. The SMILES string of the molecule is CC(c1ccsc1)n1c(=S)[nH]c2cccc(Cl)c21. The Labute approximate surface area is 119 Å². The molecular weight excluding hydrogens is 284 g/mol. The van der Waals surface area contributed by atoms with Gasteiger partial charge >= 0.3 is 0 Å². The van der Waals surface area contributed by atoms with Gasteiger partial charge in [-0.1, -0.05) is 17.7 Å². The highest BCUT2D eigenvalue weighted by Crippen LogP contribution is 2.29. The van der Waals surface area contributed by atoms with Crippen molar-refractivity contribution in [2.75, 3.05) is 0 Å². The molecule has 1 unspecified atom stereocenters. The summed E-state index contributed by atoms with van der Waals surface area (Å²) in [5, 5.41) is 4.94. The van der Waals surface area contributed by atoms with Crippen molar-refractivity contribution in [3.8, 4) is 0 Å². The number of aromatic nitrogens is 2. The van der Waals surface area contributed by atoms with Gasteiger partial charge in [-0.05, 0) is 53.7 Å². The number of thiophene rings is 1. The maximum atomic E-state index is 6.30. The van der Waals surface area contributed by atoms with Crippen LogP contribution in [0.4, 0.5) is 0 Å². The molecule has 2 aromatic heterocycles. The van der Waals surface area contributed by atoms with Crippen molar-refractivity contribution in [2.45, 2.75) is 13.0 Å². The maximum absolute atomic E-state index is 6.30. The van der Waals surface area contributed by atoms with Crippen molar-refractivity contribution in [1.29, 1.82) is 0 Å². The van der Waals surface area contributed by atoms with Gasteiger partial charge in [0.25, 0.3) is 0 Å². The molecular formula is C13H11ClN2S2. The molecule has 1 atom stereocenters. The van der Waals surface area contributed by atoms with Crippen LogP contribution in [0.5, 0.6) is 0 Å². The van der Waals surface area contributed by atoms with Crippen LogP contribution in [0.1, 0.15) is 18.5 Å². The quantitative estimate of drug-likeness (QED) is 0.658. The van der Waals surface area contributed by atoms with Gasteiger partial charge in [-0.25, -0.2) is 0 Å². The topological polar surface area (TPSA) is 20.7 Å². The largest absolute Gasteiger partial charge is 0.331 e. The van der Waals surface area contributed by atoms with E-state index in [0.29, 0.717) is 4.77 Å². The normalized spacial score (nSPS) is 13.0. The third kappa shape index (κ3) is 1.81. The molecule has 0 saturated heterocycles. The summed E-state index contributed by atoms with van der Waals surface area (Å²) < 4.78 is 2.78. The molecule has 0 fully saturated rings. The summed E-state index contributed by atoms with van der Waals surface area (Å²) in [6.07, 6.45) is 0. The summed E-state index contributed by atoms with van der Waals surface area (Å²) in [4.78, 5) is 3.21. The summed E-state index contributed by atoms with van der Waals surface area (Å²) >= 11 is 13.4. The lowest BCUT2D eigenvalue weighted by atomic mass is 10.2. The van der Waals surface area contributed by atoms with E-state index in [4.69, 9.17) is 23.8 Å². The Kier molecular flexibility index (Phi) is 3.01. The highest BCUT2D eigenvalue weighted by atomic mass is 35.5. The average molecular weight is 295 g/mol. The number of halogens is 1. The second-order valence-corrected chi connectivity index (χ2v) is 5.74.